The van der Waals surface area contributed by atoms with Gasteiger partial charge in [0, 0.05) is 12.5 Å². The van der Waals surface area contributed by atoms with Crippen LogP contribution in [0.15, 0.2) is 42.2 Å². The molecular formula is C20H18O4. The molecule has 0 unspecified atom stereocenters. The lowest BCUT2D eigenvalue weighted by molar-refractivity contribution is -0.134. The molecule has 0 spiro atoms. The summed E-state index contributed by atoms with van der Waals surface area (Å²) in [5, 5.41) is 0. The zero-order valence-electron chi connectivity index (χ0n) is 13.9. The second kappa shape index (κ2) is 6.32. The van der Waals surface area contributed by atoms with Crippen molar-refractivity contribution in [3.8, 4) is 11.5 Å². The summed E-state index contributed by atoms with van der Waals surface area (Å²) < 4.78 is 10.9. The van der Waals surface area contributed by atoms with Gasteiger partial charge in [-0.25, -0.2) is 0 Å². The first-order valence-corrected chi connectivity index (χ1v) is 7.84. The molecule has 2 aromatic carbocycles. The summed E-state index contributed by atoms with van der Waals surface area (Å²) in [4.78, 5) is 24.0. The quantitative estimate of drug-likeness (QED) is 0.482. The molecular weight excluding hydrogens is 304 g/mol. The van der Waals surface area contributed by atoms with Gasteiger partial charge < -0.3 is 9.47 Å². The highest BCUT2D eigenvalue weighted by Crippen LogP contribution is 2.37. The average molecular weight is 322 g/mol. The Kier molecular flexibility index (Phi) is 4.21. The molecule has 1 aliphatic rings. The van der Waals surface area contributed by atoms with Crippen LogP contribution in [-0.2, 0) is 4.79 Å². The van der Waals surface area contributed by atoms with E-state index in [4.69, 9.17) is 9.47 Å². The average Bonchev–Trinajstić information content (AvgIpc) is 2.83. The van der Waals surface area contributed by atoms with E-state index in [1.165, 1.54) is 0 Å². The van der Waals surface area contributed by atoms with Crippen LogP contribution in [0.4, 0.5) is 0 Å². The van der Waals surface area contributed by atoms with Gasteiger partial charge >= 0.3 is 5.97 Å². The van der Waals surface area contributed by atoms with Crippen molar-refractivity contribution in [2.75, 3.05) is 0 Å². The summed E-state index contributed by atoms with van der Waals surface area (Å²) in [6.45, 7) is 5.52. The number of ketones is 1. The van der Waals surface area contributed by atoms with E-state index in [1.54, 1.807) is 32.1 Å². The minimum absolute atomic E-state index is 0.155. The molecule has 3 rings (SSSR count). The molecule has 1 aliphatic heterocycles. The van der Waals surface area contributed by atoms with E-state index in [0.717, 1.165) is 16.7 Å². The van der Waals surface area contributed by atoms with Crippen LogP contribution in [0.25, 0.3) is 6.08 Å². The Morgan fingerprint density at radius 1 is 1.21 bits per heavy atom. The third kappa shape index (κ3) is 3.08. The van der Waals surface area contributed by atoms with Crippen LogP contribution in [0.5, 0.6) is 11.5 Å². The first kappa shape index (κ1) is 16.0. The molecule has 0 amide bonds. The van der Waals surface area contributed by atoms with Gasteiger partial charge in [0.1, 0.15) is 11.5 Å². The van der Waals surface area contributed by atoms with Crippen molar-refractivity contribution in [1.82, 2.24) is 0 Å². The molecule has 0 saturated carbocycles. The number of Topliss-reactive ketones (excluding diaryl/α,β-unsaturated/α-hetero) is 1. The zero-order chi connectivity index (χ0) is 17.3. The lowest BCUT2D eigenvalue weighted by Crippen LogP contribution is -2.06. The molecule has 122 valence electrons. The predicted octanol–water partition coefficient (Wildman–Crippen LogP) is 4.24. The first-order valence-electron chi connectivity index (χ1n) is 7.84. The minimum atomic E-state index is -0.325. The summed E-state index contributed by atoms with van der Waals surface area (Å²) >= 11 is 0. The van der Waals surface area contributed by atoms with Gasteiger partial charge in [-0.15, -0.1) is 0 Å². The molecule has 2 aromatic rings. The lowest BCUT2D eigenvalue weighted by Gasteiger charge is -2.06. The van der Waals surface area contributed by atoms with Crippen LogP contribution < -0.4 is 9.47 Å². The summed E-state index contributed by atoms with van der Waals surface area (Å²) in [7, 11) is 0. The Labute approximate surface area is 140 Å². The Morgan fingerprint density at radius 3 is 2.71 bits per heavy atom. The fraction of sp³-hybridized carbons (Fsp3) is 0.200. The molecule has 0 saturated heterocycles. The lowest BCUT2D eigenvalue weighted by atomic mass is 10.0. The van der Waals surface area contributed by atoms with Crippen LogP contribution in [0.3, 0.4) is 0 Å². The van der Waals surface area contributed by atoms with Crippen molar-refractivity contribution in [2.45, 2.75) is 27.2 Å². The second-order valence-corrected chi connectivity index (χ2v) is 5.79. The molecule has 0 atom stereocenters. The van der Waals surface area contributed by atoms with Crippen molar-refractivity contribution >= 4 is 17.8 Å². The van der Waals surface area contributed by atoms with Crippen molar-refractivity contribution in [3.05, 3.63) is 64.4 Å². The fourth-order valence-corrected chi connectivity index (χ4v) is 2.65. The number of aryl methyl sites for hydroxylation is 2. The highest BCUT2D eigenvalue weighted by molar-refractivity contribution is 6.15. The number of carbonyl (C=O) groups is 2. The highest BCUT2D eigenvalue weighted by Gasteiger charge is 2.30. The van der Waals surface area contributed by atoms with Gasteiger partial charge in [0.2, 0.25) is 5.78 Å². The van der Waals surface area contributed by atoms with E-state index < -0.39 is 0 Å². The van der Waals surface area contributed by atoms with Crippen LogP contribution in [0, 0.1) is 13.8 Å². The normalized spacial score (nSPS) is 14.5. The summed E-state index contributed by atoms with van der Waals surface area (Å²) in [6, 6.07) is 11.1. The second-order valence-electron chi connectivity index (χ2n) is 5.79. The third-order valence-corrected chi connectivity index (χ3v) is 3.80. The smallest absolute Gasteiger partial charge is 0.310 e. The molecule has 0 aliphatic carbocycles. The van der Waals surface area contributed by atoms with E-state index in [0.29, 0.717) is 17.1 Å². The summed E-state index contributed by atoms with van der Waals surface area (Å²) in [6.07, 6.45) is 2.01. The Bertz CT molecular complexity index is 862. The number of esters is 1. The van der Waals surface area contributed by atoms with Gasteiger partial charge in [0.15, 0.2) is 5.76 Å². The van der Waals surface area contributed by atoms with Gasteiger partial charge in [-0.05, 0) is 37.1 Å². The molecule has 0 bridgehead atoms. The molecule has 0 N–H and O–H groups in total. The van der Waals surface area contributed by atoms with Crippen molar-refractivity contribution < 1.29 is 19.1 Å². The van der Waals surface area contributed by atoms with E-state index in [-0.39, 0.29) is 23.9 Å². The number of rotatable bonds is 3. The Balaban J connectivity index is 1.95. The summed E-state index contributed by atoms with van der Waals surface area (Å²) in [5.41, 5.74) is 3.26. The van der Waals surface area contributed by atoms with Crippen LogP contribution in [0.1, 0.15) is 40.4 Å². The standard InChI is InChI=1S/C20H18O4/c1-4-18(21)23-15-9-13(3)19-16(11-15)24-17(20(19)22)10-14-7-5-6-12(2)8-14/h5-11H,4H2,1-3H3/b17-10-. The largest absolute Gasteiger partial charge is 0.452 e. The maximum Gasteiger partial charge on any atom is 0.310 e. The predicted molar refractivity (Wildman–Crippen MR) is 91.2 cm³/mol. The first-order chi connectivity index (χ1) is 11.5. The monoisotopic (exact) mass is 322 g/mol. The number of hydrogen-bond acceptors (Lipinski definition) is 4. The maximum atomic E-state index is 12.6. The van der Waals surface area contributed by atoms with Gasteiger partial charge in [-0.3, -0.25) is 9.59 Å². The number of hydrogen-bond donors (Lipinski definition) is 0. The van der Waals surface area contributed by atoms with E-state index in [1.807, 2.05) is 31.2 Å². The summed E-state index contributed by atoms with van der Waals surface area (Å²) in [5.74, 6) is 0.616. The number of allylic oxidation sites excluding steroid dienone is 1. The van der Waals surface area contributed by atoms with Crippen LogP contribution in [0.2, 0.25) is 0 Å². The van der Waals surface area contributed by atoms with Crippen LogP contribution in [-0.4, -0.2) is 11.8 Å². The van der Waals surface area contributed by atoms with Gasteiger partial charge in [-0.2, -0.15) is 0 Å². The van der Waals surface area contributed by atoms with Crippen LogP contribution >= 0.6 is 0 Å². The number of fused-ring (bicyclic) bond motifs is 1. The van der Waals surface area contributed by atoms with E-state index in [2.05, 4.69) is 0 Å². The third-order valence-electron chi connectivity index (χ3n) is 3.80. The molecule has 4 heteroatoms. The molecule has 24 heavy (non-hydrogen) atoms. The Hall–Kier alpha value is -2.88. The minimum Gasteiger partial charge on any atom is -0.452 e. The molecule has 0 fully saturated rings. The van der Waals surface area contributed by atoms with Crippen molar-refractivity contribution in [3.63, 3.8) is 0 Å². The number of benzene rings is 2. The van der Waals surface area contributed by atoms with Gasteiger partial charge in [0.25, 0.3) is 0 Å². The van der Waals surface area contributed by atoms with E-state index >= 15 is 0 Å². The topological polar surface area (TPSA) is 52.6 Å². The van der Waals surface area contributed by atoms with Crippen molar-refractivity contribution in [2.24, 2.45) is 0 Å². The maximum absolute atomic E-state index is 12.6. The molecule has 4 nitrogen and oxygen atoms in total. The molecule has 1 heterocycles. The molecule has 0 aromatic heterocycles. The molecule has 0 radical (unpaired) electrons. The number of ether oxygens (including phenoxy) is 2. The van der Waals surface area contributed by atoms with Crippen molar-refractivity contribution in [1.29, 1.82) is 0 Å². The van der Waals surface area contributed by atoms with Gasteiger partial charge in [-0.1, -0.05) is 36.8 Å². The fourth-order valence-electron chi connectivity index (χ4n) is 2.65. The Morgan fingerprint density at radius 2 is 2.00 bits per heavy atom. The SMILES string of the molecule is CCC(=O)Oc1cc(C)c2c(c1)O/C(=C\c1cccc(C)c1)C2=O. The van der Waals surface area contributed by atoms with E-state index in [9.17, 15) is 9.59 Å². The zero-order valence-corrected chi connectivity index (χ0v) is 13.9. The highest BCUT2D eigenvalue weighted by atomic mass is 16.5. The van der Waals surface area contributed by atoms with Gasteiger partial charge in [0.05, 0.1) is 5.56 Å². The number of carbonyl (C=O) groups excluding carboxylic acids is 2.